The first kappa shape index (κ1) is 17.6. The van der Waals surface area contributed by atoms with Crippen molar-refractivity contribution in [1.29, 1.82) is 0 Å². The van der Waals surface area contributed by atoms with Crippen molar-refractivity contribution in [1.82, 2.24) is 9.88 Å². The number of rotatable bonds is 5. The number of hydrogen-bond acceptors (Lipinski definition) is 4. The molecule has 2 N–H and O–H groups in total. The molecule has 148 valence electrons. The first-order valence-corrected chi connectivity index (χ1v) is 9.70. The van der Waals surface area contributed by atoms with Gasteiger partial charge in [-0.2, -0.15) is 0 Å². The Morgan fingerprint density at radius 1 is 1.17 bits per heavy atom. The maximum absolute atomic E-state index is 12.6. The lowest BCUT2D eigenvalue weighted by atomic mass is 10.1. The Labute approximate surface area is 167 Å². The van der Waals surface area contributed by atoms with Crippen LogP contribution in [0.4, 0.5) is 5.69 Å². The second kappa shape index (κ2) is 7.16. The summed E-state index contributed by atoms with van der Waals surface area (Å²) in [5.74, 6) is 0.812. The smallest absolute Gasteiger partial charge is 0.231 e. The maximum Gasteiger partial charge on any atom is 0.231 e. The normalized spacial score (nSPS) is 17.9. The van der Waals surface area contributed by atoms with E-state index in [1.807, 2.05) is 24.4 Å². The van der Waals surface area contributed by atoms with Gasteiger partial charge in [-0.15, -0.1) is 0 Å². The van der Waals surface area contributed by atoms with Crippen molar-refractivity contribution in [3.05, 3.63) is 54.2 Å². The van der Waals surface area contributed by atoms with Gasteiger partial charge in [-0.05, 0) is 30.2 Å². The van der Waals surface area contributed by atoms with Crippen molar-refractivity contribution in [2.75, 3.05) is 25.2 Å². The lowest BCUT2D eigenvalue weighted by molar-refractivity contribution is -0.128. The van der Waals surface area contributed by atoms with Crippen molar-refractivity contribution in [3.63, 3.8) is 0 Å². The Morgan fingerprint density at radius 2 is 2.03 bits per heavy atom. The average Bonchev–Trinajstić information content (AvgIpc) is 3.44. The van der Waals surface area contributed by atoms with Crippen LogP contribution < -0.4 is 14.8 Å². The van der Waals surface area contributed by atoms with Gasteiger partial charge in [-0.1, -0.05) is 18.2 Å². The van der Waals surface area contributed by atoms with Crippen LogP contribution in [-0.4, -0.2) is 41.6 Å². The second-order valence-corrected chi connectivity index (χ2v) is 7.41. The SMILES string of the molecule is O=C(Nc1ccc2c(c1)OCO2)C1CC(=O)N(CCc2c[nH]c3ccccc23)C1. The highest BCUT2D eigenvalue weighted by Crippen LogP contribution is 2.34. The molecule has 0 spiro atoms. The van der Waals surface area contributed by atoms with Crippen molar-refractivity contribution in [3.8, 4) is 11.5 Å². The van der Waals surface area contributed by atoms with E-state index in [9.17, 15) is 9.59 Å². The number of H-pyrrole nitrogens is 1. The summed E-state index contributed by atoms with van der Waals surface area (Å²) in [4.78, 5) is 30.1. The first-order chi connectivity index (χ1) is 14.2. The molecule has 3 aromatic rings. The molecule has 0 aliphatic carbocycles. The summed E-state index contributed by atoms with van der Waals surface area (Å²) in [5.41, 5.74) is 2.92. The van der Waals surface area contributed by atoms with E-state index in [0.29, 0.717) is 30.3 Å². The number of fused-ring (bicyclic) bond motifs is 2. The second-order valence-electron chi connectivity index (χ2n) is 7.41. The fourth-order valence-corrected chi connectivity index (χ4v) is 3.98. The number of likely N-dealkylation sites (tertiary alicyclic amines) is 1. The molecule has 1 aromatic heterocycles. The van der Waals surface area contributed by atoms with Gasteiger partial charge < -0.3 is 24.7 Å². The molecule has 0 radical (unpaired) electrons. The number of amides is 2. The van der Waals surface area contributed by atoms with Crippen LogP contribution in [0.2, 0.25) is 0 Å². The zero-order valence-electron chi connectivity index (χ0n) is 15.8. The van der Waals surface area contributed by atoms with Gasteiger partial charge in [0.25, 0.3) is 0 Å². The molecule has 2 aliphatic rings. The summed E-state index contributed by atoms with van der Waals surface area (Å²) in [7, 11) is 0. The van der Waals surface area contributed by atoms with Gasteiger partial charge in [0.15, 0.2) is 11.5 Å². The van der Waals surface area contributed by atoms with Crippen molar-refractivity contribution < 1.29 is 19.1 Å². The van der Waals surface area contributed by atoms with Gasteiger partial charge in [0.05, 0.1) is 5.92 Å². The molecule has 1 saturated heterocycles. The molecule has 1 unspecified atom stereocenters. The molecule has 7 nitrogen and oxygen atoms in total. The number of nitrogens with zero attached hydrogens (tertiary/aromatic N) is 1. The van der Waals surface area contributed by atoms with Crippen LogP contribution in [-0.2, 0) is 16.0 Å². The summed E-state index contributed by atoms with van der Waals surface area (Å²) in [6.07, 6.45) is 2.99. The fourth-order valence-electron chi connectivity index (χ4n) is 3.98. The summed E-state index contributed by atoms with van der Waals surface area (Å²) in [6, 6.07) is 13.4. The Morgan fingerprint density at radius 3 is 2.97 bits per heavy atom. The minimum absolute atomic E-state index is 0.0238. The molecule has 7 heteroatoms. The van der Waals surface area contributed by atoms with E-state index in [-0.39, 0.29) is 30.9 Å². The zero-order chi connectivity index (χ0) is 19.8. The van der Waals surface area contributed by atoms with Crippen molar-refractivity contribution in [2.45, 2.75) is 12.8 Å². The highest BCUT2D eigenvalue weighted by Gasteiger charge is 2.34. The number of nitrogens with one attached hydrogen (secondary N) is 2. The van der Waals surface area contributed by atoms with Crippen LogP contribution in [0.15, 0.2) is 48.7 Å². The topological polar surface area (TPSA) is 83.7 Å². The Hall–Kier alpha value is -3.48. The van der Waals surface area contributed by atoms with Gasteiger partial charge in [0.2, 0.25) is 18.6 Å². The van der Waals surface area contributed by atoms with E-state index in [1.165, 1.54) is 10.9 Å². The Kier molecular flexibility index (Phi) is 4.35. The number of benzene rings is 2. The van der Waals surface area contributed by atoms with Gasteiger partial charge in [-0.3, -0.25) is 9.59 Å². The average molecular weight is 391 g/mol. The number of para-hydroxylation sites is 1. The van der Waals surface area contributed by atoms with E-state index in [2.05, 4.69) is 16.4 Å². The summed E-state index contributed by atoms with van der Waals surface area (Å²) < 4.78 is 10.6. The zero-order valence-corrected chi connectivity index (χ0v) is 15.8. The van der Waals surface area contributed by atoms with Crippen molar-refractivity contribution in [2.24, 2.45) is 5.92 Å². The van der Waals surface area contributed by atoms with E-state index in [1.54, 1.807) is 23.1 Å². The molecular weight excluding hydrogens is 370 g/mol. The van der Waals surface area contributed by atoms with Gasteiger partial charge in [-0.25, -0.2) is 0 Å². The van der Waals surface area contributed by atoms with E-state index < -0.39 is 0 Å². The first-order valence-electron chi connectivity index (χ1n) is 9.70. The monoisotopic (exact) mass is 391 g/mol. The largest absolute Gasteiger partial charge is 0.454 e. The molecular formula is C22H21N3O4. The molecule has 1 atom stereocenters. The Bertz CT molecular complexity index is 1090. The van der Waals surface area contributed by atoms with Crippen LogP contribution in [0, 0.1) is 5.92 Å². The van der Waals surface area contributed by atoms with Crippen LogP contribution in [0.3, 0.4) is 0 Å². The molecule has 5 rings (SSSR count). The minimum Gasteiger partial charge on any atom is -0.454 e. The number of carbonyl (C=O) groups is 2. The van der Waals surface area contributed by atoms with Gasteiger partial charge >= 0.3 is 0 Å². The van der Waals surface area contributed by atoms with Gasteiger partial charge in [0, 0.05) is 48.4 Å². The Balaban J connectivity index is 1.20. The predicted octanol–water partition coefficient (Wildman–Crippen LogP) is 2.93. The molecule has 2 amide bonds. The standard InChI is InChI=1S/C22H21N3O4/c26-21-9-15(22(27)24-16-5-6-19-20(10-16)29-13-28-19)12-25(21)8-7-14-11-23-18-4-2-1-3-17(14)18/h1-6,10-11,15,23H,7-9,12-13H2,(H,24,27). The lowest BCUT2D eigenvalue weighted by Gasteiger charge is -2.16. The van der Waals surface area contributed by atoms with Gasteiger partial charge in [0.1, 0.15) is 0 Å². The summed E-state index contributed by atoms with van der Waals surface area (Å²) >= 11 is 0. The van der Waals surface area contributed by atoms with E-state index in [0.717, 1.165) is 11.9 Å². The quantitative estimate of drug-likeness (QED) is 0.701. The van der Waals surface area contributed by atoms with Crippen molar-refractivity contribution >= 4 is 28.4 Å². The molecule has 0 saturated carbocycles. The van der Waals surface area contributed by atoms with E-state index in [4.69, 9.17) is 9.47 Å². The lowest BCUT2D eigenvalue weighted by Crippen LogP contribution is -2.30. The molecule has 1 fully saturated rings. The third-order valence-corrected chi connectivity index (χ3v) is 5.55. The minimum atomic E-state index is -0.351. The van der Waals surface area contributed by atoms with Crippen LogP contribution >= 0.6 is 0 Å². The molecule has 29 heavy (non-hydrogen) atoms. The number of carbonyl (C=O) groups excluding carboxylic acids is 2. The highest BCUT2D eigenvalue weighted by molar-refractivity contribution is 5.97. The van der Waals surface area contributed by atoms with Crippen LogP contribution in [0.25, 0.3) is 10.9 Å². The summed E-state index contributed by atoms with van der Waals surface area (Å²) in [6.45, 7) is 1.24. The highest BCUT2D eigenvalue weighted by atomic mass is 16.7. The molecule has 0 bridgehead atoms. The van der Waals surface area contributed by atoms with Crippen LogP contribution in [0.1, 0.15) is 12.0 Å². The molecule has 2 aliphatic heterocycles. The van der Waals surface area contributed by atoms with Crippen LogP contribution in [0.5, 0.6) is 11.5 Å². The number of aromatic amines is 1. The number of anilines is 1. The number of ether oxygens (including phenoxy) is 2. The number of aromatic nitrogens is 1. The fraction of sp³-hybridized carbons (Fsp3) is 0.273. The third-order valence-electron chi connectivity index (χ3n) is 5.55. The third kappa shape index (κ3) is 3.40. The molecule has 2 aromatic carbocycles. The van der Waals surface area contributed by atoms with E-state index >= 15 is 0 Å². The summed E-state index contributed by atoms with van der Waals surface area (Å²) in [5, 5.41) is 4.07. The number of hydrogen-bond donors (Lipinski definition) is 2. The predicted molar refractivity (Wildman–Crippen MR) is 108 cm³/mol. The maximum atomic E-state index is 12.6. The molecule has 3 heterocycles.